The Morgan fingerprint density at radius 1 is 1.08 bits per heavy atom. The molecule has 2 nitrogen and oxygen atoms in total. The molecular weight excluding hydrogens is 332 g/mol. The first kappa shape index (κ1) is 19.0. The molecule has 1 saturated carbocycles. The van der Waals surface area contributed by atoms with Gasteiger partial charge < -0.3 is 10.0 Å². The molecule has 0 spiro atoms. The number of hydrogen-bond donors (Lipinski definition) is 1. The number of rotatable bonds is 5. The molecule has 1 aliphatic carbocycles. The van der Waals surface area contributed by atoms with Crippen LogP contribution in [0.3, 0.4) is 0 Å². The summed E-state index contributed by atoms with van der Waals surface area (Å²) < 4.78 is 26.8. The van der Waals surface area contributed by atoms with Crippen molar-refractivity contribution in [3.05, 3.63) is 71.3 Å². The number of aliphatic hydroxyl groups is 1. The van der Waals surface area contributed by atoms with Crippen LogP contribution in [0.1, 0.15) is 30.4 Å². The minimum Gasteiger partial charge on any atom is -0.385 e. The first-order valence-corrected chi connectivity index (χ1v) is 9.24. The summed E-state index contributed by atoms with van der Waals surface area (Å²) >= 11 is 0. The SMILES string of the molecule is CN(C)CC1CC(Cc2ccc(F)cc2)CCC1(O)c1cccc(F)c1. The Morgan fingerprint density at radius 2 is 1.81 bits per heavy atom. The summed E-state index contributed by atoms with van der Waals surface area (Å²) in [5.74, 6) is -0.0749. The van der Waals surface area contributed by atoms with Crippen LogP contribution in [0.4, 0.5) is 8.78 Å². The molecule has 3 unspecified atom stereocenters. The van der Waals surface area contributed by atoms with Gasteiger partial charge in [-0.1, -0.05) is 24.3 Å². The van der Waals surface area contributed by atoms with Crippen LogP contribution in [0, 0.1) is 23.5 Å². The maximum Gasteiger partial charge on any atom is 0.123 e. The standard InChI is InChI=1S/C22H27F2NO/c1-25(2)15-19-13-17(12-16-6-8-20(23)9-7-16)10-11-22(19,26)18-4-3-5-21(24)14-18/h3-9,14,17,19,26H,10-13,15H2,1-2H3. The topological polar surface area (TPSA) is 23.5 Å². The Bertz CT molecular complexity index is 731. The van der Waals surface area contributed by atoms with Crippen LogP contribution >= 0.6 is 0 Å². The molecule has 1 fully saturated rings. The van der Waals surface area contributed by atoms with Crippen LogP contribution in [-0.4, -0.2) is 30.6 Å². The van der Waals surface area contributed by atoms with Crippen LogP contribution in [0.15, 0.2) is 48.5 Å². The third-order valence-corrected chi connectivity index (χ3v) is 5.57. The molecule has 0 aromatic heterocycles. The summed E-state index contributed by atoms with van der Waals surface area (Å²) in [4.78, 5) is 2.08. The monoisotopic (exact) mass is 359 g/mol. The predicted octanol–water partition coefficient (Wildman–Crippen LogP) is 4.37. The van der Waals surface area contributed by atoms with Crippen molar-refractivity contribution in [2.75, 3.05) is 20.6 Å². The second-order valence-electron chi connectivity index (χ2n) is 7.86. The smallest absolute Gasteiger partial charge is 0.123 e. The van der Waals surface area contributed by atoms with Gasteiger partial charge in [-0.05, 0) is 81.1 Å². The first-order chi connectivity index (χ1) is 12.4. The fourth-order valence-electron chi connectivity index (χ4n) is 4.29. The van der Waals surface area contributed by atoms with E-state index in [0.29, 0.717) is 17.9 Å². The molecule has 140 valence electrons. The van der Waals surface area contributed by atoms with Crippen molar-refractivity contribution >= 4 is 0 Å². The van der Waals surface area contributed by atoms with Crippen molar-refractivity contribution in [2.24, 2.45) is 11.8 Å². The second-order valence-corrected chi connectivity index (χ2v) is 7.86. The fourth-order valence-corrected chi connectivity index (χ4v) is 4.29. The van der Waals surface area contributed by atoms with E-state index in [0.717, 1.165) is 31.4 Å². The van der Waals surface area contributed by atoms with Crippen molar-refractivity contribution in [3.63, 3.8) is 0 Å². The molecule has 0 amide bonds. The Morgan fingerprint density at radius 3 is 2.46 bits per heavy atom. The van der Waals surface area contributed by atoms with Gasteiger partial charge in [-0.2, -0.15) is 0 Å². The zero-order valence-corrected chi connectivity index (χ0v) is 15.5. The lowest BCUT2D eigenvalue weighted by Gasteiger charge is -2.44. The van der Waals surface area contributed by atoms with Gasteiger partial charge in [0.15, 0.2) is 0 Å². The average molecular weight is 359 g/mol. The van der Waals surface area contributed by atoms with Crippen LogP contribution in [0.25, 0.3) is 0 Å². The molecule has 0 radical (unpaired) electrons. The Hall–Kier alpha value is -1.78. The van der Waals surface area contributed by atoms with Crippen molar-refractivity contribution in [1.82, 2.24) is 4.90 Å². The molecule has 4 heteroatoms. The lowest BCUT2D eigenvalue weighted by Crippen LogP contribution is -2.45. The molecular formula is C22H27F2NO. The molecule has 2 aromatic rings. The molecule has 26 heavy (non-hydrogen) atoms. The summed E-state index contributed by atoms with van der Waals surface area (Å²) in [6.45, 7) is 0.743. The first-order valence-electron chi connectivity index (χ1n) is 9.24. The Balaban J connectivity index is 1.79. The van der Waals surface area contributed by atoms with Crippen molar-refractivity contribution in [3.8, 4) is 0 Å². The third kappa shape index (κ3) is 4.30. The quantitative estimate of drug-likeness (QED) is 0.857. The van der Waals surface area contributed by atoms with Gasteiger partial charge in [-0.25, -0.2) is 8.78 Å². The summed E-state index contributed by atoms with van der Waals surface area (Å²) in [5, 5.41) is 11.5. The van der Waals surface area contributed by atoms with Gasteiger partial charge in [0, 0.05) is 12.5 Å². The Labute approximate surface area is 154 Å². The minimum absolute atomic E-state index is 0.0264. The van der Waals surface area contributed by atoms with E-state index >= 15 is 0 Å². The molecule has 0 aliphatic heterocycles. The molecule has 3 rings (SSSR count). The predicted molar refractivity (Wildman–Crippen MR) is 99.8 cm³/mol. The normalized spacial score (nSPS) is 26.2. The van der Waals surface area contributed by atoms with Crippen molar-refractivity contribution < 1.29 is 13.9 Å². The highest BCUT2D eigenvalue weighted by molar-refractivity contribution is 5.26. The van der Waals surface area contributed by atoms with Crippen LogP contribution in [0.2, 0.25) is 0 Å². The summed E-state index contributed by atoms with van der Waals surface area (Å²) in [6, 6.07) is 13.0. The number of hydrogen-bond acceptors (Lipinski definition) is 2. The van der Waals surface area contributed by atoms with Crippen LogP contribution in [0.5, 0.6) is 0 Å². The largest absolute Gasteiger partial charge is 0.385 e. The van der Waals surface area contributed by atoms with E-state index in [1.807, 2.05) is 32.3 Å². The maximum atomic E-state index is 13.7. The van der Waals surface area contributed by atoms with E-state index in [1.54, 1.807) is 6.07 Å². The highest BCUT2D eigenvalue weighted by atomic mass is 19.1. The summed E-state index contributed by atoms with van der Waals surface area (Å²) in [6.07, 6.45) is 3.22. The molecule has 1 N–H and O–H groups in total. The van der Waals surface area contributed by atoms with E-state index in [9.17, 15) is 13.9 Å². The molecule has 1 aliphatic rings. The molecule has 0 heterocycles. The molecule has 3 atom stereocenters. The lowest BCUT2D eigenvalue weighted by atomic mass is 9.66. The van der Waals surface area contributed by atoms with E-state index in [2.05, 4.69) is 4.90 Å². The maximum absolute atomic E-state index is 13.7. The van der Waals surface area contributed by atoms with Crippen molar-refractivity contribution in [2.45, 2.75) is 31.3 Å². The van der Waals surface area contributed by atoms with Gasteiger partial charge in [-0.15, -0.1) is 0 Å². The molecule has 0 bridgehead atoms. The summed E-state index contributed by atoms with van der Waals surface area (Å²) in [5.41, 5.74) is 0.784. The molecule has 0 saturated heterocycles. The van der Waals surface area contributed by atoms with E-state index < -0.39 is 5.60 Å². The molecule has 2 aromatic carbocycles. The lowest BCUT2D eigenvalue weighted by molar-refractivity contribution is -0.0754. The van der Waals surface area contributed by atoms with Gasteiger partial charge in [0.1, 0.15) is 11.6 Å². The Kier molecular flexibility index (Phi) is 5.73. The highest BCUT2D eigenvalue weighted by Gasteiger charge is 2.43. The zero-order chi connectivity index (χ0) is 18.7. The van der Waals surface area contributed by atoms with Crippen molar-refractivity contribution in [1.29, 1.82) is 0 Å². The number of benzene rings is 2. The van der Waals surface area contributed by atoms with Gasteiger partial charge >= 0.3 is 0 Å². The third-order valence-electron chi connectivity index (χ3n) is 5.57. The van der Waals surface area contributed by atoms with E-state index in [4.69, 9.17) is 0 Å². The van der Waals surface area contributed by atoms with E-state index in [-0.39, 0.29) is 17.6 Å². The number of halogens is 2. The van der Waals surface area contributed by atoms with Gasteiger partial charge in [0.2, 0.25) is 0 Å². The highest BCUT2D eigenvalue weighted by Crippen LogP contribution is 2.45. The van der Waals surface area contributed by atoms with E-state index in [1.165, 1.54) is 24.3 Å². The van der Waals surface area contributed by atoms with Gasteiger partial charge in [0.05, 0.1) is 5.60 Å². The van der Waals surface area contributed by atoms with Crippen LogP contribution < -0.4 is 0 Å². The number of nitrogens with zero attached hydrogens (tertiary/aromatic N) is 1. The second kappa shape index (κ2) is 7.85. The minimum atomic E-state index is -1.01. The average Bonchev–Trinajstić information content (AvgIpc) is 2.59. The van der Waals surface area contributed by atoms with Crippen LogP contribution in [-0.2, 0) is 12.0 Å². The van der Waals surface area contributed by atoms with Gasteiger partial charge in [0.25, 0.3) is 0 Å². The fraction of sp³-hybridized carbons (Fsp3) is 0.455. The zero-order valence-electron chi connectivity index (χ0n) is 15.5. The summed E-state index contributed by atoms with van der Waals surface area (Å²) in [7, 11) is 3.99. The van der Waals surface area contributed by atoms with Gasteiger partial charge in [-0.3, -0.25) is 0 Å².